The summed E-state index contributed by atoms with van der Waals surface area (Å²) < 4.78 is 21.0. The van der Waals surface area contributed by atoms with Crippen LogP contribution in [0.2, 0.25) is 0 Å². The van der Waals surface area contributed by atoms with E-state index in [0.29, 0.717) is 18.9 Å². The first-order valence-electron chi connectivity index (χ1n) is 7.30. The SMILES string of the molecule is Cc1ccc2ncc(CN3CCOc4cc(F)ccc43)n2c1. The Labute approximate surface area is 127 Å². The summed E-state index contributed by atoms with van der Waals surface area (Å²) >= 11 is 0. The lowest BCUT2D eigenvalue weighted by Crippen LogP contribution is -2.32. The highest BCUT2D eigenvalue weighted by atomic mass is 19.1. The molecule has 22 heavy (non-hydrogen) atoms. The molecule has 0 spiro atoms. The van der Waals surface area contributed by atoms with Gasteiger partial charge in [0.15, 0.2) is 0 Å². The van der Waals surface area contributed by atoms with E-state index >= 15 is 0 Å². The van der Waals surface area contributed by atoms with Gasteiger partial charge in [0.1, 0.15) is 23.8 Å². The van der Waals surface area contributed by atoms with E-state index in [1.54, 1.807) is 6.07 Å². The van der Waals surface area contributed by atoms with Crippen LogP contribution in [-0.4, -0.2) is 22.5 Å². The minimum absolute atomic E-state index is 0.272. The third-order valence-corrected chi connectivity index (χ3v) is 3.96. The second-order valence-electron chi connectivity index (χ2n) is 5.57. The molecule has 5 heteroatoms. The second-order valence-corrected chi connectivity index (χ2v) is 5.57. The lowest BCUT2D eigenvalue weighted by Gasteiger charge is -2.31. The number of hydrogen-bond donors (Lipinski definition) is 0. The molecule has 0 saturated carbocycles. The van der Waals surface area contributed by atoms with Crippen molar-refractivity contribution in [1.82, 2.24) is 9.38 Å². The number of benzene rings is 1. The van der Waals surface area contributed by atoms with Crippen molar-refractivity contribution in [3.8, 4) is 5.75 Å². The van der Waals surface area contributed by atoms with Gasteiger partial charge in [-0.3, -0.25) is 0 Å². The van der Waals surface area contributed by atoms with Crippen LogP contribution in [0.1, 0.15) is 11.3 Å². The number of ether oxygens (including phenoxy) is 1. The zero-order valence-electron chi connectivity index (χ0n) is 12.3. The Bertz CT molecular complexity index is 843. The zero-order valence-corrected chi connectivity index (χ0v) is 12.3. The molecule has 0 amide bonds. The summed E-state index contributed by atoms with van der Waals surface area (Å²) in [5.74, 6) is 0.335. The van der Waals surface area contributed by atoms with Gasteiger partial charge in [-0.15, -0.1) is 0 Å². The molecular formula is C17H16FN3O. The zero-order chi connectivity index (χ0) is 15.1. The number of fused-ring (bicyclic) bond motifs is 2. The normalized spacial score (nSPS) is 14.0. The molecule has 0 atom stereocenters. The third-order valence-electron chi connectivity index (χ3n) is 3.96. The van der Waals surface area contributed by atoms with Crippen LogP contribution in [-0.2, 0) is 6.54 Å². The topological polar surface area (TPSA) is 29.8 Å². The average molecular weight is 297 g/mol. The fourth-order valence-corrected chi connectivity index (χ4v) is 2.87. The van der Waals surface area contributed by atoms with Gasteiger partial charge in [-0.05, 0) is 30.7 Å². The Kier molecular flexibility index (Phi) is 2.99. The number of aryl methyl sites for hydroxylation is 1. The summed E-state index contributed by atoms with van der Waals surface area (Å²) in [4.78, 5) is 6.64. The molecule has 0 unspecified atom stereocenters. The van der Waals surface area contributed by atoms with Crippen LogP contribution in [0, 0.1) is 12.7 Å². The Morgan fingerprint density at radius 3 is 3.09 bits per heavy atom. The maximum atomic E-state index is 13.3. The molecule has 0 radical (unpaired) electrons. The van der Waals surface area contributed by atoms with Gasteiger partial charge in [-0.25, -0.2) is 9.37 Å². The van der Waals surface area contributed by atoms with Gasteiger partial charge < -0.3 is 14.0 Å². The molecule has 1 aliphatic rings. The smallest absolute Gasteiger partial charge is 0.145 e. The summed E-state index contributed by atoms with van der Waals surface area (Å²) in [5, 5.41) is 0. The summed E-state index contributed by atoms with van der Waals surface area (Å²) in [7, 11) is 0. The number of aromatic nitrogens is 2. The first-order valence-corrected chi connectivity index (χ1v) is 7.30. The number of nitrogens with zero attached hydrogens (tertiary/aromatic N) is 3. The van der Waals surface area contributed by atoms with Gasteiger partial charge in [0.25, 0.3) is 0 Å². The van der Waals surface area contributed by atoms with Crippen molar-refractivity contribution >= 4 is 11.3 Å². The maximum Gasteiger partial charge on any atom is 0.145 e. The van der Waals surface area contributed by atoms with Gasteiger partial charge in [0.05, 0.1) is 30.7 Å². The van der Waals surface area contributed by atoms with Crippen LogP contribution in [0.4, 0.5) is 10.1 Å². The molecule has 0 N–H and O–H groups in total. The average Bonchev–Trinajstić information content (AvgIpc) is 2.89. The van der Waals surface area contributed by atoms with Gasteiger partial charge in [0, 0.05) is 12.3 Å². The van der Waals surface area contributed by atoms with Crippen LogP contribution in [0.5, 0.6) is 5.75 Å². The van der Waals surface area contributed by atoms with E-state index in [1.165, 1.54) is 17.7 Å². The van der Waals surface area contributed by atoms with Crippen molar-refractivity contribution in [2.45, 2.75) is 13.5 Å². The molecule has 0 bridgehead atoms. The Balaban J connectivity index is 1.70. The molecular weight excluding hydrogens is 281 g/mol. The molecule has 3 heterocycles. The second kappa shape index (κ2) is 5.02. The quantitative estimate of drug-likeness (QED) is 0.727. The predicted octanol–water partition coefficient (Wildman–Crippen LogP) is 3.18. The molecule has 0 saturated heterocycles. The summed E-state index contributed by atoms with van der Waals surface area (Å²) in [6.45, 7) is 4.12. The van der Waals surface area contributed by atoms with Crippen LogP contribution in [0.3, 0.4) is 0 Å². The van der Waals surface area contributed by atoms with Crippen LogP contribution < -0.4 is 9.64 Å². The maximum absolute atomic E-state index is 13.3. The number of halogens is 1. The lowest BCUT2D eigenvalue weighted by atomic mass is 10.2. The van der Waals surface area contributed by atoms with E-state index in [4.69, 9.17) is 4.74 Å². The third kappa shape index (κ3) is 2.19. The monoisotopic (exact) mass is 297 g/mol. The van der Waals surface area contributed by atoms with Crippen molar-refractivity contribution in [1.29, 1.82) is 0 Å². The summed E-state index contributed by atoms with van der Waals surface area (Å²) in [5.41, 5.74) is 4.16. The summed E-state index contributed by atoms with van der Waals surface area (Å²) in [6, 6.07) is 8.76. The Morgan fingerprint density at radius 2 is 2.18 bits per heavy atom. The highest BCUT2D eigenvalue weighted by Gasteiger charge is 2.20. The Morgan fingerprint density at radius 1 is 1.27 bits per heavy atom. The minimum Gasteiger partial charge on any atom is -0.489 e. The number of rotatable bonds is 2. The number of imidazole rings is 1. The van der Waals surface area contributed by atoms with Crippen LogP contribution >= 0.6 is 0 Å². The molecule has 4 rings (SSSR count). The van der Waals surface area contributed by atoms with E-state index in [1.807, 2.05) is 12.3 Å². The Hall–Kier alpha value is -2.56. The van der Waals surface area contributed by atoms with Crippen LogP contribution in [0.25, 0.3) is 5.65 Å². The highest BCUT2D eigenvalue weighted by molar-refractivity contribution is 5.60. The molecule has 4 nitrogen and oxygen atoms in total. The van der Waals surface area contributed by atoms with E-state index < -0.39 is 0 Å². The van der Waals surface area contributed by atoms with Crippen molar-refractivity contribution in [3.05, 3.63) is 59.8 Å². The number of anilines is 1. The highest BCUT2D eigenvalue weighted by Crippen LogP contribution is 2.33. The predicted molar refractivity (Wildman–Crippen MR) is 82.9 cm³/mol. The van der Waals surface area contributed by atoms with E-state index in [0.717, 1.165) is 23.6 Å². The molecule has 112 valence electrons. The number of hydrogen-bond acceptors (Lipinski definition) is 3. The van der Waals surface area contributed by atoms with Gasteiger partial charge in [0.2, 0.25) is 0 Å². The first kappa shape index (κ1) is 13.1. The van der Waals surface area contributed by atoms with E-state index in [2.05, 4.69) is 33.5 Å². The van der Waals surface area contributed by atoms with Crippen molar-refractivity contribution in [2.75, 3.05) is 18.1 Å². The van der Waals surface area contributed by atoms with Gasteiger partial charge >= 0.3 is 0 Å². The van der Waals surface area contributed by atoms with Crippen molar-refractivity contribution in [3.63, 3.8) is 0 Å². The lowest BCUT2D eigenvalue weighted by molar-refractivity contribution is 0.305. The van der Waals surface area contributed by atoms with Crippen molar-refractivity contribution < 1.29 is 9.13 Å². The largest absolute Gasteiger partial charge is 0.489 e. The summed E-state index contributed by atoms with van der Waals surface area (Å²) in [6.07, 6.45) is 3.98. The minimum atomic E-state index is -0.272. The van der Waals surface area contributed by atoms with E-state index in [-0.39, 0.29) is 5.82 Å². The van der Waals surface area contributed by atoms with Crippen LogP contribution in [0.15, 0.2) is 42.7 Å². The van der Waals surface area contributed by atoms with Gasteiger partial charge in [-0.1, -0.05) is 6.07 Å². The molecule has 3 aromatic rings. The molecule has 0 fully saturated rings. The first-order chi connectivity index (χ1) is 10.7. The number of pyridine rings is 1. The van der Waals surface area contributed by atoms with Crippen molar-refractivity contribution in [2.24, 2.45) is 0 Å². The molecule has 2 aromatic heterocycles. The standard InChI is InChI=1S/C17H16FN3O/c1-12-2-5-17-19-9-14(21(17)10-12)11-20-6-7-22-16-8-13(18)3-4-15(16)20/h2-5,8-10H,6-7,11H2,1H3. The molecule has 1 aliphatic heterocycles. The molecule has 0 aliphatic carbocycles. The fraction of sp³-hybridized carbons (Fsp3) is 0.235. The fourth-order valence-electron chi connectivity index (χ4n) is 2.87. The molecule has 1 aromatic carbocycles. The van der Waals surface area contributed by atoms with E-state index in [9.17, 15) is 4.39 Å². The van der Waals surface area contributed by atoms with Gasteiger partial charge in [-0.2, -0.15) is 0 Å².